The van der Waals surface area contributed by atoms with Crippen molar-refractivity contribution in [1.29, 1.82) is 0 Å². The molecule has 1 fully saturated rings. The molecule has 0 heterocycles. The fourth-order valence-electron chi connectivity index (χ4n) is 2.64. The number of halogens is 5. The first-order chi connectivity index (χ1) is 9.27. The summed E-state index contributed by atoms with van der Waals surface area (Å²) < 4.78 is 52.1. The number of hydrogen-bond acceptors (Lipinski definition) is 1. The molecule has 2 atom stereocenters. The molecule has 1 aliphatic carbocycles. The molecule has 0 amide bonds. The van der Waals surface area contributed by atoms with Crippen molar-refractivity contribution in [3.8, 4) is 0 Å². The lowest BCUT2D eigenvalue weighted by molar-refractivity contribution is -0.182. The summed E-state index contributed by atoms with van der Waals surface area (Å²) in [4.78, 5) is 0. The normalized spacial score (nSPS) is 23.7. The molecule has 2 unspecified atom stereocenters. The quantitative estimate of drug-likeness (QED) is 0.699. The zero-order valence-corrected chi connectivity index (χ0v) is 12.6. The number of benzene rings is 1. The van der Waals surface area contributed by atoms with Crippen molar-refractivity contribution >= 4 is 21.6 Å². The Morgan fingerprint density at radius 1 is 1.25 bits per heavy atom. The van der Waals surface area contributed by atoms with Gasteiger partial charge in [0, 0.05) is 11.7 Å². The second-order valence-corrected chi connectivity index (χ2v) is 6.18. The summed E-state index contributed by atoms with van der Waals surface area (Å²) in [5, 5.41) is 3.06. The van der Waals surface area contributed by atoms with Crippen LogP contribution in [0.2, 0.25) is 0 Å². The second kappa shape index (κ2) is 5.92. The highest BCUT2D eigenvalue weighted by Gasteiger charge is 2.42. The monoisotopic (exact) mass is 353 g/mol. The lowest BCUT2D eigenvalue weighted by atomic mass is 9.85. The van der Waals surface area contributed by atoms with E-state index in [-0.39, 0.29) is 18.9 Å². The van der Waals surface area contributed by atoms with Gasteiger partial charge in [-0.15, -0.1) is 0 Å². The summed E-state index contributed by atoms with van der Waals surface area (Å²) in [6.07, 6.45) is -2.67. The van der Waals surface area contributed by atoms with E-state index in [2.05, 4.69) is 21.2 Å². The van der Waals surface area contributed by atoms with E-state index in [0.717, 1.165) is 5.56 Å². The van der Waals surface area contributed by atoms with Gasteiger partial charge >= 0.3 is 6.18 Å². The molecule has 112 valence electrons. The third-order valence-electron chi connectivity index (χ3n) is 3.76. The Morgan fingerprint density at radius 3 is 2.60 bits per heavy atom. The van der Waals surface area contributed by atoms with Gasteiger partial charge in [-0.2, -0.15) is 13.2 Å². The van der Waals surface area contributed by atoms with Gasteiger partial charge in [0.15, 0.2) is 0 Å². The van der Waals surface area contributed by atoms with Crippen LogP contribution >= 0.6 is 15.9 Å². The SMILES string of the molecule is Cc1cc(Br)c(F)cc1NC1CCCC(C(F)(F)F)C1. The van der Waals surface area contributed by atoms with Gasteiger partial charge in [0.2, 0.25) is 0 Å². The van der Waals surface area contributed by atoms with Crippen molar-refractivity contribution in [3.05, 3.63) is 28.0 Å². The first kappa shape index (κ1) is 15.6. The molecule has 0 saturated heterocycles. The molecule has 20 heavy (non-hydrogen) atoms. The lowest BCUT2D eigenvalue weighted by Gasteiger charge is -2.32. The highest BCUT2D eigenvalue weighted by molar-refractivity contribution is 9.10. The molecule has 0 spiro atoms. The van der Waals surface area contributed by atoms with Gasteiger partial charge < -0.3 is 5.32 Å². The zero-order chi connectivity index (χ0) is 14.9. The smallest absolute Gasteiger partial charge is 0.382 e. The molecule has 1 aromatic rings. The zero-order valence-electron chi connectivity index (χ0n) is 11.0. The molecule has 1 aromatic carbocycles. The standard InChI is InChI=1S/C14H16BrF4N/c1-8-5-11(15)12(16)7-13(8)20-10-4-2-3-9(6-10)14(17,18)19/h5,7,9-10,20H,2-4,6H2,1H3. The highest BCUT2D eigenvalue weighted by Crippen LogP contribution is 2.38. The molecule has 1 N–H and O–H groups in total. The summed E-state index contributed by atoms with van der Waals surface area (Å²) >= 11 is 3.09. The van der Waals surface area contributed by atoms with E-state index in [1.807, 2.05) is 0 Å². The third kappa shape index (κ3) is 3.65. The maximum absolute atomic E-state index is 13.5. The largest absolute Gasteiger partial charge is 0.391 e. The molecule has 6 heteroatoms. The van der Waals surface area contributed by atoms with E-state index in [1.165, 1.54) is 6.07 Å². The number of aryl methyl sites for hydroxylation is 1. The van der Waals surface area contributed by atoms with Crippen LogP contribution in [0.25, 0.3) is 0 Å². The van der Waals surface area contributed by atoms with E-state index in [1.54, 1.807) is 13.0 Å². The topological polar surface area (TPSA) is 12.0 Å². The predicted molar refractivity (Wildman–Crippen MR) is 74.3 cm³/mol. The van der Waals surface area contributed by atoms with Crippen molar-refractivity contribution in [2.75, 3.05) is 5.32 Å². The molecule has 1 nitrogen and oxygen atoms in total. The molecule has 2 rings (SSSR count). The number of alkyl halides is 3. The fourth-order valence-corrected chi connectivity index (χ4v) is 3.10. The van der Waals surface area contributed by atoms with Crippen LogP contribution in [0.5, 0.6) is 0 Å². The molecule has 0 bridgehead atoms. The molecular weight excluding hydrogens is 338 g/mol. The van der Waals surface area contributed by atoms with Crippen molar-refractivity contribution in [3.63, 3.8) is 0 Å². The minimum Gasteiger partial charge on any atom is -0.382 e. The predicted octanol–water partition coefficient (Wildman–Crippen LogP) is 5.43. The minimum absolute atomic E-state index is 0.0562. The second-order valence-electron chi connectivity index (χ2n) is 5.33. The van der Waals surface area contributed by atoms with Gasteiger partial charge in [-0.1, -0.05) is 6.42 Å². The Hall–Kier alpha value is -0.780. The number of anilines is 1. The molecule has 0 aromatic heterocycles. The van der Waals surface area contributed by atoms with Gasteiger partial charge in [-0.25, -0.2) is 4.39 Å². The molecular formula is C14H16BrF4N. The molecule has 1 aliphatic rings. The van der Waals surface area contributed by atoms with E-state index in [4.69, 9.17) is 0 Å². The van der Waals surface area contributed by atoms with Gasteiger partial charge in [0.1, 0.15) is 5.82 Å². The Labute approximate surface area is 123 Å². The van der Waals surface area contributed by atoms with E-state index >= 15 is 0 Å². The molecule has 0 aliphatic heterocycles. The van der Waals surface area contributed by atoms with Crippen LogP contribution in [0.3, 0.4) is 0 Å². The Balaban J connectivity index is 2.08. The maximum Gasteiger partial charge on any atom is 0.391 e. The Kier molecular flexibility index (Phi) is 4.62. The summed E-state index contributed by atoms with van der Waals surface area (Å²) in [5.41, 5.74) is 1.38. The minimum atomic E-state index is -4.14. The summed E-state index contributed by atoms with van der Waals surface area (Å²) in [6, 6.07) is 2.70. The van der Waals surface area contributed by atoms with Crippen LogP contribution in [-0.4, -0.2) is 12.2 Å². The number of hydrogen-bond donors (Lipinski definition) is 1. The first-order valence-electron chi connectivity index (χ1n) is 6.56. The third-order valence-corrected chi connectivity index (χ3v) is 4.37. The summed E-state index contributed by atoms with van der Waals surface area (Å²) in [5.74, 6) is -1.67. The fraction of sp³-hybridized carbons (Fsp3) is 0.571. The van der Waals surface area contributed by atoms with E-state index in [0.29, 0.717) is 23.0 Å². The molecule has 0 radical (unpaired) electrons. The van der Waals surface area contributed by atoms with Crippen LogP contribution < -0.4 is 5.32 Å². The van der Waals surface area contributed by atoms with Crippen LogP contribution in [0.1, 0.15) is 31.2 Å². The maximum atomic E-state index is 13.5. The highest BCUT2D eigenvalue weighted by atomic mass is 79.9. The van der Waals surface area contributed by atoms with Gasteiger partial charge in [-0.05, 0) is 59.8 Å². The van der Waals surface area contributed by atoms with Crippen molar-refractivity contribution < 1.29 is 17.6 Å². The summed E-state index contributed by atoms with van der Waals surface area (Å²) in [6.45, 7) is 1.80. The van der Waals surface area contributed by atoms with Crippen LogP contribution in [0, 0.1) is 18.7 Å². The Morgan fingerprint density at radius 2 is 1.95 bits per heavy atom. The Bertz CT molecular complexity index is 487. The first-order valence-corrected chi connectivity index (χ1v) is 7.35. The van der Waals surface area contributed by atoms with Crippen LogP contribution in [0.4, 0.5) is 23.2 Å². The number of rotatable bonds is 2. The van der Waals surface area contributed by atoms with E-state index < -0.39 is 17.9 Å². The molecule has 1 saturated carbocycles. The average molecular weight is 354 g/mol. The van der Waals surface area contributed by atoms with Crippen LogP contribution in [0.15, 0.2) is 16.6 Å². The van der Waals surface area contributed by atoms with Gasteiger partial charge in [0.05, 0.1) is 10.4 Å². The summed E-state index contributed by atoms with van der Waals surface area (Å²) in [7, 11) is 0. The van der Waals surface area contributed by atoms with Gasteiger partial charge in [-0.3, -0.25) is 0 Å². The van der Waals surface area contributed by atoms with E-state index in [9.17, 15) is 17.6 Å². The number of nitrogens with one attached hydrogen (secondary N) is 1. The van der Waals surface area contributed by atoms with Crippen molar-refractivity contribution in [2.24, 2.45) is 5.92 Å². The van der Waals surface area contributed by atoms with Gasteiger partial charge in [0.25, 0.3) is 0 Å². The average Bonchev–Trinajstić information content (AvgIpc) is 2.35. The lowest BCUT2D eigenvalue weighted by Crippen LogP contribution is -2.34. The van der Waals surface area contributed by atoms with Crippen molar-refractivity contribution in [2.45, 2.75) is 44.8 Å². The van der Waals surface area contributed by atoms with Crippen LogP contribution in [-0.2, 0) is 0 Å². The van der Waals surface area contributed by atoms with Crippen molar-refractivity contribution in [1.82, 2.24) is 0 Å².